The van der Waals surface area contributed by atoms with Crippen LogP contribution < -0.4 is 0 Å². The van der Waals surface area contributed by atoms with Crippen LogP contribution in [-0.4, -0.2) is 60.0 Å². The van der Waals surface area contributed by atoms with Crippen LogP contribution >= 0.6 is 0 Å². The van der Waals surface area contributed by atoms with Crippen LogP contribution in [-0.2, 0) is 0 Å². The molecule has 1 aromatic rings. The summed E-state index contributed by atoms with van der Waals surface area (Å²) in [5, 5.41) is 9.00. The summed E-state index contributed by atoms with van der Waals surface area (Å²) in [5.74, 6) is -1.08. The van der Waals surface area contributed by atoms with Crippen LogP contribution in [0.5, 0.6) is 0 Å². The molecule has 5 heteroatoms. The molecule has 1 aromatic carbocycles. The monoisotopic (exact) mass is 276 g/mol. The molecule has 1 unspecified atom stereocenters. The van der Waals surface area contributed by atoms with Crippen molar-refractivity contribution in [3.8, 4) is 0 Å². The van der Waals surface area contributed by atoms with Gasteiger partial charge in [0.1, 0.15) is 0 Å². The van der Waals surface area contributed by atoms with E-state index < -0.39 is 5.97 Å². The van der Waals surface area contributed by atoms with E-state index >= 15 is 0 Å². The third kappa shape index (κ3) is 3.17. The Morgan fingerprint density at radius 1 is 1.35 bits per heavy atom. The molecule has 0 saturated carbocycles. The van der Waals surface area contributed by atoms with Crippen molar-refractivity contribution in [1.29, 1.82) is 0 Å². The molecule has 0 radical (unpaired) electrons. The number of likely N-dealkylation sites (tertiary alicyclic amines) is 1. The van der Waals surface area contributed by atoms with Gasteiger partial charge in [-0.15, -0.1) is 0 Å². The first kappa shape index (κ1) is 14.5. The molecule has 0 aromatic heterocycles. The Labute approximate surface area is 118 Å². The molecule has 1 atom stereocenters. The topological polar surface area (TPSA) is 60.9 Å². The maximum atomic E-state index is 12.5. The van der Waals surface area contributed by atoms with Crippen LogP contribution in [0.3, 0.4) is 0 Å². The largest absolute Gasteiger partial charge is 0.478 e. The van der Waals surface area contributed by atoms with Crippen LogP contribution in [0.2, 0.25) is 0 Å². The summed E-state index contributed by atoms with van der Waals surface area (Å²) in [4.78, 5) is 27.4. The number of carbonyl (C=O) groups excluding carboxylic acids is 1. The Bertz CT molecular complexity index is 514. The van der Waals surface area contributed by atoms with Gasteiger partial charge in [-0.3, -0.25) is 4.79 Å². The molecule has 1 aliphatic rings. The average Bonchev–Trinajstić information content (AvgIpc) is 2.85. The highest BCUT2D eigenvalue weighted by Crippen LogP contribution is 2.21. The van der Waals surface area contributed by atoms with E-state index in [-0.39, 0.29) is 17.5 Å². The summed E-state index contributed by atoms with van der Waals surface area (Å²) in [6.07, 6.45) is 2.01. The predicted octanol–water partition coefficient (Wildman–Crippen LogP) is 1.55. The van der Waals surface area contributed by atoms with Crippen molar-refractivity contribution in [2.24, 2.45) is 0 Å². The van der Waals surface area contributed by atoms with Gasteiger partial charge in [-0.2, -0.15) is 0 Å². The summed E-state index contributed by atoms with van der Waals surface area (Å²) in [6, 6.07) is 6.47. The van der Waals surface area contributed by atoms with E-state index in [4.69, 9.17) is 5.11 Å². The highest BCUT2D eigenvalue weighted by atomic mass is 16.4. The number of carboxylic acid groups (broad SMARTS) is 1. The summed E-state index contributed by atoms with van der Waals surface area (Å²) >= 11 is 0. The second-order valence-electron chi connectivity index (χ2n) is 5.44. The van der Waals surface area contributed by atoms with Gasteiger partial charge in [0, 0.05) is 24.7 Å². The quantitative estimate of drug-likeness (QED) is 0.906. The third-order valence-electron chi connectivity index (χ3n) is 3.57. The Kier molecular flexibility index (Phi) is 4.39. The zero-order valence-electron chi connectivity index (χ0n) is 11.9. The number of carbonyl (C=O) groups is 2. The lowest BCUT2D eigenvalue weighted by atomic mass is 10.1. The van der Waals surface area contributed by atoms with E-state index in [1.54, 1.807) is 12.1 Å². The number of amides is 1. The van der Waals surface area contributed by atoms with Gasteiger partial charge >= 0.3 is 5.97 Å². The van der Waals surface area contributed by atoms with Gasteiger partial charge in [0.25, 0.3) is 5.91 Å². The van der Waals surface area contributed by atoms with Crippen molar-refractivity contribution in [1.82, 2.24) is 9.80 Å². The lowest BCUT2D eigenvalue weighted by Gasteiger charge is -2.27. The van der Waals surface area contributed by atoms with Crippen LogP contribution in [0.4, 0.5) is 0 Å². The normalized spacial score (nSPS) is 18.6. The molecule has 2 rings (SSSR count). The van der Waals surface area contributed by atoms with Crippen molar-refractivity contribution in [3.05, 3.63) is 35.4 Å². The minimum atomic E-state index is -1.01. The second kappa shape index (κ2) is 6.05. The SMILES string of the molecule is CN(C)CC1CCCN1C(=O)c1cccc(C(=O)O)c1. The van der Waals surface area contributed by atoms with Crippen molar-refractivity contribution >= 4 is 11.9 Å². The van der Waals surface area contributed by atoms with Crippen molar-refractivity contribution < 1.29 is 14.7 Å². The molecule has 1 amide bonds. The van der Waals surface area contributed by atoms with E-state index in [2.05, 4.69) is 4.90 Å². The summed E-state index contributed by atoms with van der Waals surface area (Å²) in [6.45, 7) is 1.58. The number of hydrogen-bond donors (Lipinski definition) is 1. The maximum absolute atomic E-state index is 12.5. The Morgan fingerprint density at radius 3 is 2.70 bits per heavy atom. The van der Waals surface area contributed by atoms with Gasteiger partial charge in [0.15, 0.2) is 0 Å². The number of hydrogen-bond acceptors (Lipinski definition) is 3. The Balaban J connectivity index is 2.18. The molecule has 1 saturated heterocycles. The molecular formula is C15H20N2O3. The third-order valence-corrected chi connectivity index (χ3v) is 3.57. The lowest BCUT2D eigenvalue weighted by Crippen LogP contribution is -2.41. The standard InChI is InChI=1S/C15H20N2O3/c1-16(2)10-13-7-4-8-17(13)14(18)11-5-3-6-12(9-11)15(19)20/h3,5-6,9,13H,4,7-8,10H2,1-2H3,(H,19,20). The van der Waals surface area contributed by atoms with Gasteiger partial charge in [-0.05, 0) is 45.1 Å². The molecule has 0 bridgehead atoms. The molecule has 20 heavy (non-hydrogen) atoms. The Hall–Kier alpha value is -1.88. The maximum Gasteiger partial charge on any atom is 0.335 e. The molecule has 5 nitrogen and oxygen atoms in total. The minimum absolute atomic E-state index is 0.0718. The zero-order chi connectivity index (χ0) is 14.7. The molecule has 108 valence electrons. The molecule has 0 spiro atoms. The molecular weight excluding hydrogens is 256 g/mol. The fourth-order valence-corrected chi connectivity index (χ4v) is 2.67. The van der Waals surface area contributed by atoms with Gasteiger partial charge in [-0.1, -0.05) is 6.07 Å². The van der Waals surface area contributed by atoms with Gasteiger partial charge in [0.05, 0.1) is 5.56 Å². The number of benzene rings is 1. The molecule has 0 aliphatic carbocycles. The highest BCUT2D eigenvalue weighted by molar-refractivity contribution is 5.97. The smallest absolute Gasteiger partial charge is 0.335 e. The first-order valence-electron chi connectivity index (χ1n) is 6.78. The summed E-state index contributed by atoms with van der Waals surface area (Å²) < 4.78 is 0. The minimum Gasteiger partial charge on any atom is -0.478 e. The number of nitrogens with zero attached hydrogens (tertiary/aromatic N) is 2. The van der Waals surface area contributed by atoms with Gasteiger partial charge in [-0.25, -0.2) is 4.79 Å². The highest BCUT2D eigenvalue weighted by Gasteiger charge is 2.29. The lowest BCUT2D eigenvalue weighted by molar-refractivity contribution is 0.0697. The molecule has 1 fully saturated rings. The average molecular weight is 276 g/mol. The number of aromatic carboxylic acids is 1. The predicted molar refractivity (Wildman–Crippen MR) is 76.0 cm³/mol. The van der Waals surface area contributed by atoms with Crippen LogP contribution in [0.15, 0.2) is 24.3 Å². The second-order valence-corrected chi connectivity index (χ2v) is 5.44. The fourth-order valence-electron chi connectivity index (χ4n) is 2.67. The molecule has 1 N–H and O–H groups in total. The van der Waals surface area contributed by atoms with Gasteiger partial charge in [0.2, 0.25) is 0 Å². The van der Waals surface area contributed by atoms with E-state index in [9.17, 15) is 9.59 Å². The summed E-state index contributed by atoms with van der Waals surface area (Å²) in [7, 11) is 3.98. The molecule has 1 aliphatic heterocycles. The van der Waals surface area contributed by atoms with E-state index in [1.807, 2.05) is 19.0 Å². The first-order chi connectivity index (χ1) is 9.49. The molecule has 1 heterocycles. The van der Waals surface area contributed by atoms with Crippen LogP contribution in [0, 0.1) is 0 Å². The van der Waals surface area contributed by atoms with Crippen LogP contribution in [0.1, 0.15) is 33.6 Å². The van der Waals surface area contributed by atoms with E-state index in [0.29, 0.717) is 5.56 Å². The zero-order valence-corrected chi connectivity index (χ0v) is 11.9. The Morgan fingerprint density at radius 2 is 2.05 bits per heavy atom. The number of likely N-dealkylation sites (N-methyl/N-ethyl adjacent to an activating group) is 1. The van der Waals surface area contributed by atoms with Gasteiger partial charge < -0.3 is 14.9 Å². The van der Waals surface area contributed by atoms with E-state index in [0.717, 1.165) is 25.9 Å². The number of carboxylic acids is 1. The van der Waals surface area contributed by atoms with Crippen molar-refractivity contribution in [3.63, 3.8) is 0 Å². The van der Waals surface area contributed by atoms with E-state index in [1.165, 1.54) is 12.1 Å². The fraction of sp³-hybridized carbons (Fsp3) is 0.467. The van der Waals surface area contributed by atoms with Crippen molar-refractivity contribution in [2.45, 2.75) is 18.9 Å². The summed E-state index contributed by atoms with van der Waals surface area (Å²) in [5.41, 5.74) is 0.606. The van der Waals surface area contributed by atoms with Crippen molar-refractivity contribution in [2.75, 3.05) is 27.2 Å². The first-order valence-corrected chi connectivity index (χ1v) is 6.78. The van der Waals surface area contributed by atoms with Crippen LogP contribution in [0.25, 0.3) is 0 Å². The number of rotatable bonds is 4.